The lowest BCUT2D eigenvalue weighted by Crippen LogP contribution is -2.44. The van der Waals surface area contributed by atoms with Crippen molar-refractivity contribution in [1.29, 1.82) is 0 Å². The molecule has 3 N–H and O–H groups in total. The predicted molar refractivity (Wildman–Crippen MR) is 95.0 cm³/mol. The van der Waals surface area contributed by atoms with E-state index in [0.717, 1.165) is 12.8 Å². The van der Waals surface area contributed by atoms with Gasteiger partial charge in [-0.15, -0.1) is 0 Å². The third kappa shape index (κ3) is 9.45. The Morgan fingerprint density at radius 2 is 1.41 bits per heavy atom. The summed E-state index contributed by atoms with van der Waals surface area (Å²) in [4.78, 5) is 11.3. The second-order valence-electron chi connectivity index (χ2n) is 8.17. The summed E-state index contributed by atoms with van der Waals surface area (Å²) in [7, 11) is 0. The molecule has 0 spiro atoms. The average molecular weight is 314 g/mol. The van der Waals surface area contributed by atoms with Gasteiger partial charge in [-0.05, 0) is 46.5 Å². The van der Waals surface area contributed by atoms with Gasteiger partial charge in [0, 0.05) is 5.54 Å². The van der Waals surface area contributed by atoms with Crippen LogP contribution in [0, 0.1) is 11.3 Å². The lowest BCUT2D eigenvalue weighted by Gasteiger charge is -2.35. The van der Waals surface area contributed by atoms with E-state index in [2.05, 4.69) is 6.92 Å². The van der Waals surface area contributed by atoms with Gasteiger partial charge in [-0.25, -0.2) is 0 Å². The summed E-state index contributed by atoms with van der Waals surface area (Å²) in [5.74, 6) is -0.462. The van der Waals surface area contributed by atoms with Gasteiger partial charge < -0.3 is 10.8 Å². The number of aliphatic carboxylic acids is 1. The van der Waals surface area contributed by atoms with Crippen molar-refractivity contribution in [2.45, 2.75) is 104 Å². The van der Waals surface area contributed by atoms with Crippen LogP contribution in [-0.4, -0.2) is 16.6 Å². The molecule has 0 radical (unpaired) electrons. The molecule has 0 aromatic heterocycles. The first-order valence-corrected chi connectivity index (χ1v) is 9.13. The minimum atomic E-state index is -0.724. The molecule has 0 aliphatic carbocycles. The fourth-order valence-electron chi connectivity index (χ4n) is 2.97. The fourth-order valence-corrected chi connectivity index (χ4v) is 2.97. The summed E-state index contributed by atoms with van der Waals surface area (Å²) in [6.45, 7) is 9.91. The smallest absolute Gasteiger partial charge is 0.309 e. The van der Waals surface area contributed by atoms with E-state index in [1.807, 2.05) is 27.7 Å². The summed E-state index contributed by atoms with van der Waals surface area (Å²) in [6, 6.07) is 0. The van der Waals surface area contributed by atoms with Crippen LogP contribution in [0.3, 0.4) is 0 Å². The van der Waals surface area contributed by atoms with E-state index < -0.39 is 11.4 Å². The molecule has 0 heterocycles. The minimum absolute atomic E-state index is 0.263. The zero-order valence-corrected chi connectivity index (χ0v) is 15.6. The molecule has 3 nitrogen and oxygen atoms in total. The molecule has 0 bridgehead atoms. The lowest BCUT2D eigenvalue weighted by atomic mass is 9.73. The van der Waals surface area contributed by atoms with Gasteiger partial charge in [0.15, 0.2) is 0 Å². The van der Waals surface area contributed by atoms with Gasteiger partial charge in [0.2, 0.25) is 0 Å². The molecule has 1 unspecified atom stereocenters. The highest BCUT2D eigenvalue weighted by atomic mass is 16.4. The summed E-state index contributed by atoms with van der Waals surface area (Å²) in [5.41, 5.74) is 5.29. The minimum Gasteiger partial charge on any atom is -0.481 e. The molecule has 0 aliphatic heterocycles. The summed E-state index contributed by atoms with van der Waals surface area (Å²) < 4.78 is 0. The van der Waals surface area contributed by atoms with Crippen molar-refractivity contribution in [1.82, 2.24) is 0 Å². The first-order chi connectivity index (χ1) is 10.1. The standard InChI is InChI=1S/C19H39NO2/c1-6-7-8-9-10-11-12-13-14-16(19(4,5)20)15-18(2,3)17(21)22/h16H,6-15,20H2,1-5H3,(H,21,22). The Bertz CT molecular complexity index is 305. The summed E-state index contributed by atoms with van der Waals surface area (Å²) in [5, 5.41) is 9.33. The SMILES string of the molecule is CCCCCCCCCCC(CC(C)(C)C(=O)O)C(C)(C)N. The number of carboxylic acids is 1. The first kappa shape index (κ1) is 21.4. The van der Waals surface area contributed by atoms with Crippen LogP contribution in [0.4, 0.5) is 0 Å². The van der Waals surface area contributed by atoms with Crippen molar-refractivity contribution in [2.75, 3.05) is 0 Å². The maximum absolute atomic E-state index is 11.3. The lowest BCUT2D eigenvalue weighted by molar-refractivity contribution is -0.148. The number of carbonyl (C=O) groups is 1. The van der Waals surface area contributed by atoms with Crippen LogP contribution >= 0.6 is 0 Å². The van der Waals surface area contributed by atoms with Crippen LogP contribution in [0.1, 0.15) is 98.8 Å². The highest BCUT2D eigenvalue weighted by Crippen LogP contribution is 2.34. The Hall–Kier alpha value is -0.570. The molecule has 0 amide bonds. The molecule has 1 atom stereocenters. The van der Waals surface area contributed by atoms with E-state index in [-0.39, 0.29) is 11.5 Å². The first-order valence-electron chi connectivity index (χ1n) is 9.13. The van der Waals surface area contributed by atoms with E-state index in [1.54, 1.807) is 0 Å². The Morgan fingerprint density at radius 3 is 1.82 bits per heavy atom. The second kappa shape index (κ2) is 10.3. The van der Waals surface area contributed by atoms with Gasteiger partial charge in [0.1, 0.15) is 0 Å². The monoisotopic (exact) mass is 313 g/mol. The highest BCUT2D eigenvalue weighted by Gasteiger charge is 2.35. The highest BCUT2D eigenvalue weighted by molar-refractivity contribution is 5.73. The molecule has 0 saturated heterocycles. The molecular weight excluding hydrogens is 274 g/mol. The van der Waals surface area contributed by atoms with Crippen LogP contribution in [0.25, 0.3) is 0 Å². The second-order valence-corrected chi connectivity index (χ2v) is 8.17. The predicted octanol–water partition coefficient (Wildman–Crippen LogP) is 5.37. The van der Waals surface area contributed by atoms with Crippen molar-refractivity contribution in [3.63, 3.8) is 0 Å². The van der Waals surface area contributed by atoms with Crippen molar-refractivity contribution >= 4 is 5.97 Å². The van der Waals surface area contributed by atoms with Gasteiger partial charge in [-0.2, -0.15) is 0 Å². The Kier molecular flexibility index (Phi) is 9.99. The van der Waals surface area contributed by atoms with Gasteiger partial charge in [-0.3, -0.25) is 4.79 Å². The largest absolute Gasteiger partial charge is 0.481 e. The van der Waals surface area contributed by atoms with E-state index >= 15 is 0 Å². The molecule has 0 aliphatic rings. The molecule has 0 aromatic carbocycles. The topological polar surface area (TPSA) is 63.3 Å². The van der Waals surface area contributed by atoms with Crippen LogP contribution in [-0.2, 0) is 4.79 Å². The number of rotatable bonds is 13. The Balaban J connectivity index is 4.11. The van der Waals surface area contributed by atoms with E-state index in [1.165, 1.54) is 44.9 Å². The Morgan fingerprint density at radius 1 is 0.955 bits per heavy atom. The fraction of sp³-hybridized carbons (Fsp3) is 0.947. The molecule has 3 heteroatoms. The van der Waals surface area contributed by atoms with Crippen molar-refractivity contribution in [3.8, 4) is 0 Å². The van der Waals surface area contributed by atoms with Gasteiger partial charge in [0.05, 0.1) is 5.41 Å². The third-order valence-electron chi connectivity index (χ3n) is 4.79. The number of hydrogen-bond acceptors (Lipinski definition) is 2. The van der Waals surface area contributed by atoms with Gasteiger partial charge >= 0.3 is 5.97 Å². The molecule has 22 heavy (non-hydrogen) atoms. The third-order valence-corrected chi connectivity index (χ3v) is 4.79. The van der Waals surface area contributed by atoms with Crippen LogP contribution in [0.2, 0.25) is 0 Å². The number of carboxylic acid groups (broad SMARTS) is 1. The van der Waals surface area contributed by atoms with Crippen molar-refractivity contribution < 1.29 is 9.90 Å². The maximum Gasteiger partial charge on any atom is 0.309 e. The van der Waals surface area contributed by atoms with Crippen molar-refractivity contribution in [3.05, 3.63) is 0 Å². The van der Waals surface area contributed by atoms with Crippen LogP contribution in [0.15, 0.2) is 0 Å². The Labute approximate surface area is 138 Å². The van der Waals surface area contributed by atoms with Gasteiger partial charge in [-0.1, -0.05) is 58.3 Å². The van der Waals surface area contributed by atoms with E-state index in [9.17, 15) is 9.90 Å². The van der Waals surface area contributed by atoms with Crippen LogP contribution in [0.5, 0.6) is 0 Å². The molecule has 0 rings (SSSR count). The van der Waals surface area contributed by atoms with E-state index in [4.69, 9.17) is 5.73 Å². The van der Waals surface area contributed by atoms with Crippen molar-refractivity contribution in [2.24, 2.45) is 17.1 Å². The number of nitrogens with two attached hydrogens (primary N) is 1. The molecular formula is C19H39NO2. The average Bonchev–Trinajstić information content (AvgIpc) is 2.39. The molecule has 0 fully saturated rings. The number of unbranched alkanes of at least 4 members (excludes halogenated alkanes) is 7. The molecule has 132 valence electrons. The van der Waals surface area contributed by atoms with Crippen LogP contribution < -0.4 is 5.73 Å². The van der Waals surface area contributed by atoms with E-state index in [0.29, 0.717) is 6.42 Å². The normalized spacial score (nSPS) is 14.1. The number of hydrogen-bond donors (Lipinski definition) is 2. The molecule has 0 saturated carbocycles. The summed E-state index contributed by atoms with van der Waals surface area (Å²) >= 11 is 0. The zero-order chi connectivity index (χ0) is 17.2. The zero-order valence-electron chi connectivity index (χ0n) is 15.6. The maximum atomic E-state index is 11.3. The quantitative estimate of drug-likeness (QED) is 0.449. The molecule has 0 aromatic rings. The van der Waals surface area contributed by atoms with Gasteiger partial charge in [0.25, 0.3) is 0 Å². The summed E-state index contributed by atoms with van der Waals surface area (Å²) in [6.07, 6.45) is 12.1.